The van der Waals surface area contributed by atoms with Crippen LogP contribution in [0, 0.1) is 0 Å². The van der Waals surface area contributed by atoms with Gasteiger partial charge in [-0.2, -0.15) is 0 Å². The second-order valence-electron chi connectivity index (χ2n) is 8.84. The molecule has 1 saturated heterocycles. The summed E-state index contributed by atoms with van der Waals surface area (Å²) >= 11 is 0. The number of carbonyl (C=O) groups is 2. The molecule has 2 aliphatic rings. The Morgan fingerprint density at radius 3 is 2.91 bits per heavy atom. The average molecular weight is 455 g/mol. The molecule has 1 aromatic heterocycles. The largest absolute Gasteiger partial charge is 0.491 e. The number of imidazole rings is 1. The monoisotopic (exact) mass is 454 g/mol. The highest BCUT2D eigenvalue weighted by molar-refractivity contribution is 5.93. The van der Waals surface area contributed by atoms with Gasteiger partial charge in [-0.3, -0.25) is 9.59 Å². The van der Waals surface area contributed by atoms with E-state index < -0.39 is 5.60 Å². The van der Waals surface area contributed by atoms with Gasteiger partial charge >= 0.3 is 0 Å². The van der Waals surface area contributed by atoms with Crippen molar-refractivity contribution in [2.24, 2.45) is 0 Å². The first kappa shape index (κ1) is 23.3. The Balaban J connectivity index is 1.58. The highest BCUT2D eigenvalue weighted by atomic mass is 16.5. The number of para-hydroxylation sites is 1. The fourth-order valence-electron chi connectivity index (χ4n) is 4.68. The van der Waals surface area contributed by atoms with Gasteiger partial charge < -0.3 is 24.3 Å². The minimum atomic E-state index is -1.03. The molecule has 1 N–H and O–H groups in total. The molecule has 0 bridgehead atoms. The van der Waals surface area contributed by atoms with E-state index in [4.69, 9.17) is 9.47 Å². The summed E-state index contributed by atoms with van der Waals surface area (Å²) in [7, 11) is 0. The molecule has 1 fully saturated rings. The predicted molar refractivity (Wildman–Crippen MR) is 124 cm³/mol. The maximum atomic E-state index is 13.9. The van der Waals surface area contributed by atoms with Gasteiger partial charge in [0, 0.05) is 13.1 Å². The Hall–Kier alpha value is -2.87. The molecular weight excluding hydrogens is 420 g/mol. The first-order chi connectivity index (χ1) is 16.1. The first-order valence-corrected chi connectivity index (χ1v) is 12.0. The molecule has 2 aliphatic heterocycles. The van der Waals surface area contributed by atoms with Crippen molar-refractivity contribution in [1.29, 1.82) is 0 Å². The number of nitrogens with one attached hydrogen (secondary N) is 1. The van der Waals surface area contributed by atoms with Crippen molar-refractivity contribution in [1.82, 2.24) is 19.8 Å². The van der Waals surface area contributed by atoms with E-state index in [0.29, 0.717) is 45.0 Å². The zero-order valence-electron chi connectivity index (χ0n) is 19.4. The van der Waals surface area contributed by atoms with Crippen LogP contribution in [0.5, 0.6) is 5.75 Å². The molecule has 1 unspecified atom stereocenters. The Kier molecular flexibility index (Phi) is 7.65. The third kappa shape index (κ3) is 5.38. The molecular formula is C25H34N4O4. The van der Waals surface area contributed by atoms with Crippen molar-refractivity contribution in [3.05, 3.63) is 48.0 Å². The van der Waals surface area contributed by atoms with Crippen LogP contribution < -0.4 is 4.74 Å². The fraction of sp³-hybridized carbons (Fsp3) is 0.560. The molecule has 1 aromatic carbocycles. The summed E-state index contributed by atoms with van der Waals surface area (Å²) in [5.41, 5.74) is 0.597. The maximum absolute atomic E-state index is 13.9. The van der Waals surface area contributed by atoms with Gasteiger partial charge in [0.25, 0.3) is 11.8 Å². The molecule has 1 atom stereocenters. The minimum absolute atomic E-state index is 0.0319. The van der Waals surface area contributed by atoms with E-state index in [0.717, 1.165) is 37.9 Å². The number of nitrogens with zero attached hydrogens (tertiary/aromatic N) is 3. The fourth-order valence-corrected chi connectivity index (χ4v) is 4.68. The van der Waals surface area contributed by atoms with Crippen LogP contribution in [0.4, 0.5) is 0 Å². The van der Waals surface area contributed by atoms with Gasteiger partial charge in [-0.25, -0.2) is 4.98 Å². The molecule has 178 valence electrons. The number of benzene rings is 1. The molecule has 4 rings (SSSR count). The smallest absolute Gasteiger partial charge is 0.272 e. The number of carbonyl (C=O) groups excluding carboxylic acids is 2. The third-order valence-electron chi connectivity index (χ3n) is 6.53. The van der Waals surface area contributed by atoms with Crippen molar-refractivity contribution in [2.75, 3.05) is 39.4 Å². The molecule has 2 aromatic rings. The van der Waals surface area contributed by atoms with Crippen molar-refractivity contribution in [2.45, 2.75) is 51.0 Å². The van der Waals surface area contributed by atoms with E-state index in [1.54, 1.807) is 4.90 Å². The molecule has 0 radical (unpaired) electrons. The van der Waals surface area contributed by atoms with Crippen LogP contribution in [0.25, 0.3) is 0 Å². The molecule has 8 nitrogen and oxygen atoms in total. The number of hydrogen-bond donors (Lipinski definition) is 1. The van der Waals surface area contributed by atoms with Crippen LogP contribution >= 0.6 is 0 Å². The summed E-state index contributed by atoms with van der Waals surface area (Å²) in [6.07, 6.45) is 8.14. The minimum Gasteiger partial charge on any atom is -0.491 e. The summed E-state index contributed by atoms with van der Waals surface area (Å²) in [6.45, 7) is 4.74. The Bertz CT molecular complexity index is 932. The van der Waals surface area contributed by atoms with Crippen molar-refractivity contribution >= 4 is 11.8 Å². The molecule has 2 amide bonds. The highest BCUT2D eigenvalue weighted by Gasteiger charge is 2.46. The maximum Gasteiger partial charge on any atom is 0.272 e. The number of amides is 2. The lowest BCUT2D eigenvalue weighted by Gasteiger charge is -2.44. The van der Waals surface area contributed by atoms with Crippen molar-refractivity contribution in [3.8, 4) is 5.75 Å². The summed E-state index contributed by atoms with van der Waals surface area (Å²) in [6, 6.07) is 8.14. The standard InChI is InChI=1S/C25H34N4O4/c1-2-3-12-28-13-15-32-22-10-5-4-8-20(22)9-6-7-11-25(24(28)31)18-29(14-16-33-25)23(30)21-17-26-19-27-21/h4-5,8,10,17,19H,2-3,6-7,9,11-16,18H2,1H3,(H,26,27). The summed E-state index contributed by atoms with van der Waals surface area (Å²) in [4.78, 5) is 37.4. The van der Waals surface area contributed by atoms with Gasteiger partial charge in [0.15, 0.2) is 5.60 Å². The van der Waals surface area contributed by atoms with Crippen LogP contribution in [0.3, 0.4) is 0 Å². The Morgan fingerprint density at radius 1 is 1.21 bits per heavy atom. The van der Waals surface area contributed by atoms with E-state index in [1.165, 1.54) is 18.1 Å². The van der Waals surface area contributed by atoms with Gasteiger partial charge in [0.2, 0.25) is 0 Å². The van der Waals surface area contributed by atoms with Gasteiger partial charge in [0.05, 0.1) is 32.2 Å². The van der Waals surface area contributed by atoms with Gasteiger partial charge in [-0.15, -0.1) is 0 Å². The summed E-state index contributed by atoms with van der Waals surface area (Å²) in [5.74, 6) is 0.725. The topological polar surface area (TPSA) is 87.8 Å². The molecule has 8 heteroatoms. The van der Waals surface area contributed by atoms with Crippen LogP contribution in [-0.4, -0.2) is 76.6 Å². The second-order valence-corrected chi connectivity index (χ2v) is 8.84. The number of H-pyrrole nitrogens is 1. The number of fused-ring (bicyclic) bond motifs is 1. The number of rotatable bonds is 4. The molecule has 0 saturated carbocycles. The number of ether oxygens (including phenoxy) is 2. The van der Waals surface area contributed by atoms with Crippen LogP contribution in [0.2, 0.25) is 0 Å². The van der Waals surface area contributed by atoms with E-state index in [1.807, 2.05) is 23.1 Å². The molecule has 33 heavy (non-hydrogen) atoms. The number of aromatic nitrogens is 2. The number of aryl methyl sites for hydroxylation is 1. The highest BCUT2D eigenvalue weighted by Crippen LogP contribution is 2.30. The number of hydrogen-bond acceptors (Lipinski definition) is 5. The average Bonchev–Trinajstić information content (AvgIpc) is 3.38. The van der Waals surface area contributed by atoms with Crippen molar-refractivity contribution in [3.63, 3.8) is 0 Å². The van der Waals surface area contributed by atoms with E-state index >= 15 is 0 Å². The number of unbranched alkanes of at least 4 members (excludes halogenated alkanes) is 1. The van der Waals surface area contributed by atoms with Crippen molar-refractivity contribution < 1.29 is 19.1 Å². The quantitative estimate of drug-likeness (QED) is 0.767. The molecule has 3 heterocycles. The molecule has 0 aliphatic carbocycles. The van der Waals surface area contributed by atoms with Gasteiger partial charge in [-0.05, 0) is 43.7 Å². The summed E-state index contributed by atoms with van der Waals surface area (Å²) in [5, 5.41) is 0. The van der Waals surface area contributed by atoms with Crippen LogP contribution in [0.1, 0.15) is 55.1 Å². The second kappa shape index (κ2) is 10.8. The zero-order chi connectivity index (χ0) is 23.1. The summed E-state index contributed by atoms with van der Waals surface area (Å²) < 4.78 is 12.3. The van der Waals surface area contributed by atoms with E-state index in [2.05, 4.69) is 23.0 Å². The zero-order valence-corrected chi connectivity index (χ0v) is 19.4. The van der Waals surface area contributed by atoms with Crippen LogP contribution in [0.15, 0.2) is 36.8 Å². The predicted octanol–water partition coefficient (Wildman–Crippen LogP) is 3.06. The molecule has 1 spiro atoms. The van der Waals surface area contributed by atoms with Gasteiger partial charge in [-0.1, -0.05) is 31.5 Å². The van der Waals surface area contributed by atoms with E-state index in [9.17, 15) is 9.59 Å². The lowest BCUT2D eigenvalue weighted by molar-refractivity contribution is -0.170. The third-order valence-corrected chi connectivity index (χ3v) is 6.53. The Morgan fingerprint density at radius 2 is 2.09 bits per heavy atom. The van der Waals surface area contributed by atoms with Gasteiger partial charge in [0.1, 0.15) is 18.1 Å². The lowest BCUT2D eigenvalue weighted by Crippen LogP contribution is -2.62. The first-order valence-electron chi connectivity index (χ1n) is 12.0. The SMILES string of the molecule is CCCCN1CCOc2ccccc2CCCCC2(CN(C(=O)c3cnc[nH]3)CCO2)C1=O. The lowest BCUT2D eigenvalue weighted by atomic mass is 9.90. The number of aromatic amines is 1. The van der Waals surface area contributed by atoms with Crippen LogP contribution in [-0.2, 0) is 16.0 Å². The number of morpholine rings is 1. The Labute approximate surface area is 195 Å². The van der Waals surface area contributed by atoms with E-state index in [-0.39, 0.29) is 18.4 Å². The normalized spacial score (nSPS) is 22.3.